The van der Waals surface area contributed by atoms with E-state index in [-0.39, 0.29) is 24.3 Å². The first-order valence-electron chi connectivity index (χ1n) is 8.56. The smallest absolute Gasteiger partial charge is 0.234 e. The van der Waals surface area contributed by atoms with Crippen LogP contribution in [-0.2, 0) is 17.8 Å². The van der Waals surface area contributed by atoms with Crippen LogP contribution in [0.5, 0.6) is 0 Å². The van der Waals surface area contributed by atoms with Crippen LogP contribution in [0, 0.1) is 5.82 Å². The number of carbonyl (C=O) groups is 1. The summed E-state index contributed by atoms with van der Waals surface area (Å²) in [5.41, 5.74) is 1.82. The minimum atomic E-state index is -0.287. The third-order valence-electron chi connectivity index (χ3n) is 4.66. The highest BCUT2D eigenvalue weighted by atomic mass is 32.1. The lowest BCUT2D eigenvalue weighted by Crippen LogP contribution is -2.42. The summed E-state index contributed by atoms with van der Waals surface area (Å²) < 4.78 is 13.7. The fraction of sp³-hybridized carbons (Fsp3) is 0.250. The second-order valence-corrected chi connectivity index (χ2v) is 8.29. The van der Waals surface area contributed by atoms with Crippen molar-refractivity contribution in [1.82, 2.24) is 10.2 Å². The van der Waals surface area contributed by atoms with Gasteiger partial charge in [0.15, 0.2) is 0 Å². The molecule has 0 aliphatic carbocycles. The number of fused-ring (bicyclic) bond motifs is 1. The molecule has 4 rings (SSSR count). The first-order chi connectivity index (χ1) is 12.7. The summed E-state index contributed by atoms with van der Waals surface area (Å²) in [5, 5.41) is 7.06. The molecule has 3 nitrogen and oxygen atoms in total. The molecule has 26 heavy (non-hydrogen) atoms. The molecule has 0 spiro atoms. The lowest BCUT2D eigenvalue weighted by molar-refractivity contribution is -0.122. The Balaban J connectivity index is 1.46. The highest BCUT2D eigenvalue weighted by molar-refractivity contribution is 7.10. The van der Waals surface area contributed by atoms with Crippen LogP contribution in [0.1, 0.15) is 26.9 Å². The second-order valence-electron chi connectivity index (χ2n) is 6.31. The van der Waals surface area contributed by atoms with E-state index >= 15 is 0 Å². The van der Waals surface area contributed by atoms with Gasteiger partial charge in [-0.1, -0.05) is 24.3 Å². The molecule has 1 amide bonds. The summed E-state index contributed by atoms with van der Waals surface area (Å²) in [4.78, 5) is 17.4. The molecule has 0 saturated carbocycles. The molecule has 1 N–H and O–H groups in total. The maximum absolute atomic E-state index is 13.7. The van der Waals surface area contributed by atoms with E-state index in [1.807, 2.05) is 0 Å². The van der Waals surface area contributed by atoms with E-state index in [9.17, 15) is 9.18 Å². The van der Waals surface area contributed by atoms with Gasteiger partial charge in [0.25, 0.3) is 0 Å². The van der Waals surface area contributed by atoms with Crippen LogP contribution in [0.15, 0.2) is 53.2 Å². The molecular weight excluding hydrogens is 367 g/mol. The van der Waals surface area contributed by atoms with Crippen molar-refractivity contribution in [2.24, 2.45) is 0 Å². The van der Waals surface area contributed by atoms with E-state index in [1.54, 1.807) is 40.9 Å². The number of nitrogens with zero attached hydrogens (tertiary/aromatic N) is 1. The number of hydrogen-bond donors (Lipinski definition) is 1. The number of carbonyl (C=O) groups excluding carboxylic acids is 1. The van der Waals surface area contributed by atoms with Crippen molar-refractivity contribution in [3.8, 4) is 0 Å². The van der Waals surface area contributed by atoms with Crippen LogP contribution in [0.3, 0.4) is 0 Å². The van der Waals surface area contributed by atoms with E-state index in [2.05, 4.69) is 39.2 Å². The van der Waals surface area contributed by atoms with Gasteiger partial charge in [-0.25, -0.2) is 4.39 Å². The van der Waals surface area contributed by atoms with Crippen LogP contribution in [0.4, 0.5) is 4.39 Å². The van der Waals surface area contributed by atoms with Crippen LogP contribution >= 0.6 is 22.7 Å². The van der Waals surface area contributed by atoms with Crippen molar-refractivity contribution in [2.75, 3.05) is 13.1 Å². The van der Waals surface area contributed by atoms with Gasteiger partial charge < -0.3 is 5.32 Å². The maximum Gasteiger partial charge on any atom is 0.234 e. The molecule has 1 aromatic carbocycles. The maximum atomic E-state index is 13.7. The Morgan fingerprint density at radius 3 is 2.85 bits per heavy atom. The zero-order valence-corrected chi connectivity index (χ0v) is 15.8. The third-order valence-corrected chi connectivity index (χ3v) is 6.58. The Bertz CT molecular complexity index is 891. The molecule has 1 aliphatic rings. The molecule has 2 aromatic heterocycles. The van der Waals surface area contributed by atoms with Gasteiger partial charge in [-0.15, -0.1) is 22.7 Å². The highest BCUT2D eigenvalue weighted by Crippen LogP contribution is 2.39. The molecule has 0 saturated heterocycles. The Labute approximate surface area is 160 Å². The number of hydrogen-bond acceptors (Lipinski definition) is 4. The van der Waals surface area contributed by atoms with E-state index in [4.69, 9.17) is 0 Å². The number of thiophene rings is 2. The quantitative estimate of drug-likeness (QED) is 0.712. The van der Waals surface area contributed by atoms with Gasteiger partial charge >= 0.3 is 0 Å². The molecule has 134 valence electrons. The lowest BCUT2D eigenvalue weighted by atomic mass is 9.98. The number of rotatable bonds is 5. The van der Waals surface area contributed by atoms with Crippen molar-refractivity contribution in [3.05, 3.63) is 79.9 Å². The van der Waals surface area contributed by atoms with Crippen molar-refractivity contribution >= 4 is 28.6 Å². The molecule has 0 bridgehead atoms. The van der Waals surface area contributed by atoms with E-state index in [0.29, 0.717) is 12.1 Å². The minimum Gasteiger partial charge on any atom is -0.351 e. The number of amides is 1. The molecular formula is C20H19FN2OS2. The monoisotopic (exact) mass is 386 g/mol. The summed E-state index contributed by atoms with van der Waals surface area (Å²) in [7, 11) is 0. The van der Waals surface area contributed by atoms with Gasteiger partial charge in [-0.05, 0) is 40.9 Å². The highest BCUT2D eigenvalue weighted by Gasteiger charge is 2.31. The molecule has 0 unspecified atom stereocenters. The Hall–Kier alpha value is -2.02. The average molecular weight is 387 g/mol. The largest absolute Gasteiger partial charge is 0.351 e. The Morgan fingerprint density at radius 2 is 2.04 bits per heavy atom. The van der Waals surface area contributed by atoms with Gasteiger partial charge in [0, 0.05) is 28.4 Å². The first-order valence-corrected chi connectivity index (χ1v) is 10.3. The molecule has 0 radical (unpaired) electrons. The summed E-state index contributed by atoms with van der Waals surface area (Å²) in [5.74, 6) is -0.362. The summed E-state index contributed by atoms with van der Waals surface area (Å²) in [6.45, 7) is 1.38. The average Bonchev–Trinajstić information content (AvgIpc) is 3.32. The van der Waals surface area contributed by atoms with Crippen LogP contribution in [-0.4, -0.2) is 23.9 Å². The molecule has 0 fully saturated rings. The predicted molar refractivity (Wildman–Crippen MR) is 104 cm³/mol. The topological polar surface area (TPSA) is 32.3 Å². The fourth-order valence-electron chi connectivity index (χ4n) is 3.39. The van der Waals surface area contributed by atoms with Crippen LogP contribution in [0.2, 0.25) is 0 Å². The fourth-order valence-corrected chi connectivity index (χ4v) is 5.17. The molecule has 6 heteroatoms. The predicted octanol–water partition coefficient (Wildman–Crippen LogP) is 4.21. The van der Waals surface area contributed by atoms with Crippen molar-refractivity contribution in [1.29, 1.82) is 0 Å². The van der Waals surface area contributed by atoms with Crippen LogP contribution < -0.4 is 5.32 Å². The lowest BCUT2D eigenvalue weighted by Gasteiger charge is -2.34. The third kappa shape index (κ3) is 3.58. The molecule has 1 atom stereocenters. The summed E-state index contributed by atoms with van der Waals surface area (Å²) in [6, 6.07) is 13.0. The molecule has 3 aromatic rings. The summed E-state index contributed by atoms with van der Waals surface area (Å²) in [6.07, 6.45) is 0.968. The number of nitrogens with one attached hydrogen (secondary N) is 1. The van der Waals surface area contributed by atoms with Crippen molar-refractivity contribution in [3.63, 3.8) is 0 Å². The van der Waals surface area contributed by atoms with Gasteiger partial charge in [0.2, 0.25) is 5.91 Å². The van der Waals surface area contributed by atoms with Gasteiger partial charge in [0.05, 0.1) is 12.6 Å². The SMILES string of the molecule is O=C(CN1CCc2sccc2[C@H]1c1cccs1)NCc1ccccc1F. The van der Waals surface area contributed by atoms with Gasteiger partial charge in [0.1, 0.15) is 5.82 Å². The number of halogens is 1. The molecule has 3 heterocycles. The second kappa shape index (κ2) is 7.70. The summed E-state index contributed by atoms with van der Waals surface area (Å²) >= 11 is 3.51. The van der Waals surface area contributed by atoms with Crippen molar-refractivity contribution in [2.45, 2.75) is 19.0 Å². The first kappa shape index (κ1) is 17.4. The number of benzene rings is 1. The Morgan fingerprint density at radius 1 is 1.15 bits per heavy atom. The van der Waals surface area contributed by atoms with Crippen molar-refractivity contribution < 1.29 is 9.18 Å². The van der Waals surface area contributed by atoms with E-state index in [0.717, 1.165) is 13.0 Å². The molecule has 1 aliphatic heterocycles. The van der Waals surface area contributed by atoms with E-state index < -0.39 is 0 Å². The van der Waals surface area contributed by atoms with Crippen LogP contribution in [0.25, 0.3) is 0 Å². The zero-order chi connectivity index (χ0) is 17.9. The zero-order valence-electron chi connectivity index (χ0n) is 14.2. The minimum absolute atomic E-state index is 0.0755. The van der Waals surface area contributed by atoms with Gasteiger partial charge in [-0.2, -0.15) is 0 Å². The normalized spacial score (nSPS) is 17.0. The Kier molecular flexibility index (Phi) is 5.15. The van der Waals surface area contributed by atoms with E-state index in [1.165, 1.54) is 21.4 Å². The van der Waals surface area contributed by atoms with Gasteiger partial charge in [-0.3, -0.25) is 9.69 Å². The standard InChI is InChI=1S/C20H19FN2OS2/c21-16-5-2-1-4-14(16)12-22-19(24)13-23-9-7-17-15(8-11-26-17)20(23)18-6-3-10-25-18/h1-6,8,10-11,20H,7,9,12-13H2,(H,22,24)/t20-/m0/s1.